The van der Waals surface area contributed by atoms with Gasteiger partial charge in [-0.25, -0.2) is 0 Å². The largest absolute Gasteiger partial charge is 0.464 e. The average molecular weight is 318 g/mol. The fourth-order valence-corrected chi connectivity index (χ4v) is 3.30. The van der Waals surface area contributed by atoms with E-state index in [2.05, 4.69) is 4.98 Å². The van der Waals surface area contributed by atoms with Crippen molar-refractivity contribution in [2.75, 3.05) is 6.54 Å². The summed E-state index contributed by atoms with van der Waals surface area (Å²) in [6.07, 6.45) is 5.39. The number of carbonyl (C=O) groups is 1. The van der Waals surface area contributed by atoms with Crippen molar-refractivity contribution in [1.82, 2.24) is 9.88 Å². The maximum atomic E-state index is 13.0. The Morgan fingerprint density at radius 2 is 2.08 bits per heavy atom. The third-order valence-corrected chi connectivity index (χ3v) is 4.46. The van der Waals surface area contributed by atoms with Gasteiger partial charge in [-0.05, 0) is 49.2 Å². The number of aromatic nitrogens is 1. The summed E-state index contributed by atoms with van der Waals surface area (Å²) in [5.41, 5.74) is 2.57. The molecule has 0 radical (unpaired) electrons. The maximum absolute atomic E-state index is 13.0. The van der Waals surface area contributed by atoms with Gasteiger partial charge in [-0.1, -0.05) is 18.2 Å². The van der Waals surface area contributed by atoms with Gasteiger partial charge in [0.25, 0.3) is 5.91 Å². The second kappa shape index (κ2) is 6.32. The van der Waals surface area contributed by atoms with Crippen molar-refractivity contribution < 1.29 is 9.21 Å². The van der Waals surface area contributed by atoms with E-state index in [4.69, 9.17) is 4.42 Å². The van der Waals surface area contributed by atoms with E-state index in [-0.39, 0.29) is 11.9 Å². The van der Waals surface area contributed by atoms with Gasteiger partial charge < -0.3 is 9.32 Å². The zero-order chi connectivity index (χ0) is 16.4. The van der Waals surface area contributed by atoms with Crippen LogP contribution in [-0.2, 0) is 0 Å². The summed E-state index contributed by atoms with van der Waals surface area (Å²) in [6.45, 7) is 0.769. The van der Waals surface area contributed by atoms with E-state index in [1.807, 2.05) is 59.5 Å². The number of nitrogens with zero attached hydrogens (tertiary/aromatic N) is 2. The van der Waals surface area contributed by atoms with Crippen LogP contribution in [0.1, 0.15) is 34.9 Å². The highest BCUT2D eigenvalue weighted by atomic mass is 16.3. The van der Waals surface area contributed by atoms with Gasteiger partial charge >= 0.3 is 0 Å². The first kappa shape index (κ1) is 14.7. The van der Waals surface area contributed by atoms with Crippen LogP contribution in [0.5, 0.6) is 0 Å². The van der Waals surface area contributed by atoms with Gasteiger partial charge in [0.05, 0.1) is 18.0 Å². The Morgan fingerprint density at radius 1 is 1.12 bits per heavy atom. The molecular weight excluding hydrogens is 300 g/mol. The first-order valence-electron chi connectivity index (χ1n) is 8.19. The minimum atomic E-state index is 0.0524. The lowest BCUT2D eigenvalue weighted by Crippen LogP contribution is -2.30. The molecule has 1 aromatic carbocycles. The van der Waals surface area contributed by atoms with E-state index in [0.717, 1.165) is 36.4 Å². The molecule has 0 saturated carbocycles. The Labute approximate surface area is 140 Å². The van der Waals surface area contributed by atoms with E-state index in [1.54, 1.807) is 12.5 Å². The van der Waals surface area contributed by atoms with Gasteiger partial charge in [0, 0.05) is 23.9 Å². The van der Waals surface area contributed by atoms with Crippen LogP contribution in [0.4, 0.5) is 0 Å². The minimum Gasteiger partial charge on any atom is -0.464 e. The number of hydrogen-bond donors (Lipinski definition) is 0. The average Bonchev–Trinajstić information content (AvgIpc) is 3.34. The van der Waals surface area contributed by atoms with E-state index in [9.17, 15) is 4.79 Å². The van der Waals surface area contributed by atoms with Crippen molar-refractivity contribution in [3.8, 4) is 11.3 Å². The van der Waals surface area contributed by atoms with Crippen molar-refractivity contribution >= 4 is 5.91 Å². The summed E-state index contributed by atoms with van der Waals surface area (Å²) in [6, 6.07) is 17.3. The predicted molar refractivity (Wildman–Crippen MR) is 91.4 cm³/mol. The molecule has 1 atom stereocenters. The van der Waals surface area contributed by atoms with Crippen LogP contribution in [-0.4, -0.2) is 22.3 Å². The van der Waals surface area contributed by atoms with Crippen molar-refractivity contribution in [1.29, 1.82) is 0 Å². The summed E-state index contributed by atoms with van der Waals surface area (Å²) in [7, 11) is 0. The molecule has 24 heavy (non-hydrogen) atoms. The Morgan fingerprint density at radius 3 is 2.88 bits per heavy atom. The molecular formula is C20H18N2O2. The van der Waals surface area contributed by atoms with Gasteiger partial charge in [-0.3, -0.25) is 9.78 Å². The van der Waals surface area contributed by atoms with Crippen molar-refractivity contribution in [3.63, 3.8) is 0 Å². The molecule has 1 amide bonds. The van der Waals surface area contributed by atoms with Crippen molar-refractivity contribution in [2.45, 2.75) is 18.9 Å². The number of rotatable bonds is 3. The van der Waals surface area contributed by atoms with Gasteiger partial charge in [-0.15, -0.1) is 0 Å². The molecule has 1 aliphatic rings. The summed E-state index contributed by atoms with van der Waals surface area (Å²) in [4.78, 5) is 19.4. The topological polar surface area (TPSA) is 46.3 Å². The number of carbonyl (C=O) groups excluding carboxylic acids is 1. The maximum Gasteiger partial charge on any atom is 0.254 e. The molecule has 0 spiro atoms. The first-order chi connectivity index (χ1) is 11.8. The summed E-state index contributed by atoms with van der Waals surface area (Å²) < 4.78 is 5.44. The predicted octanol–water partition coefficient (Wildman–Crippen LogP) is 4.32. The van der Waals surface area contributed by atoms with Crippen LogP contribution in [0.2, 0.25) is 0 Å². The smallest absolute Gasteiger partial charge is 0.254 e. The molecule has 3 heterocycles. The second-order valence-electron chi connectivity index (χ2n) is 5.97. The number of furan rings is 1. The highest BCUT2D eigenvalue weighted by Crippen LogP contribution is 2.32. The van der Waals surface area contributed by atoms with Gasteiger partial charge in [0.15, 0.2) is 0 Å². The Hall–Kier alpha value is -2.88. The molecule has 1 saturated heterocycles. The van der Waals surface area contributed by atoms with Gasteiger partial charge in [0.2, 0.25) is 0 Å². The monoisotopic (exact) mass is 318 g/mol. The highest BCUT2D eigenvalue weighted by Gasteiger charge is 2.31. The number of amides is 1. The quantitative estimate of drug-likeness (QED) is 0.722. The fraction of sp³-hybridized carbons (Fsp3) is 0.200. The SMILES string of the molecule is O=C(c1cccc(-c2ccco2)c1)N1CCC[C@H]1c1ccccn1. The number of likely N-dealkylation sites (tertiary alicyclic amines) is 1. The molecule has 2 aromatic heterocycles. The molecule has 1 fully saturated rings. The van der Waals surface area contributed by atoms with Crippen LogP contribution in [0, 0.1) is 0 Å². The molecule has 120 valence electrons. The van der Waals surface area contributed by atoms with Crippen LogP contribution >= 0.6 is 0 Å². The third kappa shape index (κ3) is 2.71. The van der Waals surface area contributed by atoms with E-state index in [0.29, 0.717) is 5.56 Å². The fourth-order valence-electron chi connectivity index (χ4n) is 3.30. The van der Waals surface area contributed by atoms with Crippen molar-refractivity contribution in [2.24, 2.45) is 0 Å². The van der Waals surface area contributed by atoms with Crippen LogP contribution < -0.4 is 0 Å². The minimum absolute atomic E-state index is 0.0524. The normalized spacial score (nSPS) is 17.2. The molecule has 0 N–H and O–H groups in total. The standard InChI is InChI=1S/C20H18N2O2/c23-20(16-7-3-6-15(14-16)19-10-5-13-24-19)22-12-4-9-18(22)17-8-1-2-11-21-17/h1-3,5-8,10-11,13-14,18H,4,9,12H2/t18-/m0/s1. The Bertz CT molecular complexity index is 828. The summed E-state index contributed by atoms with van der Waals surface area (Å²) >= 11 is 0. The zero-order valence-corrected chi connectivity index (χ0v) is 13.3. The molecule has 4 rings (SSSR count). The molecule has 1 aliphatic heterocycles. The van der Waals surface area contributed by atoms with Crippen LogP contribution in [0.3, 0.4) is 0 Å². The van der Waals surface area contributed by atoms with Crippen LogP contribution in [0.15, 0.2) is 71.5 Å². The number of benzene rings is 1. The Kier molecular flexibility index (Phi) is 3.87. The zero-order valence-electron chi connectivity index (χ0n) is 13.3. The van der Waals surface area contributed by atoms with Crippen molar-refractivity contribution in [3.05, 3.63) is 78.3 Å². The molecule has 0 bridgehead atoms. The van der Waals surface area contributed by atoms with E-state index < -0.39 is 0 Å². The number of pyridine rings is 1. The lowest BCUT2D eigenvalue weighted by atomic mass is 10.1. The lowest BCUT2D eigenvalue weighted by Gasteiger charge is -2.24. The summed E-state index contributed by atoms with van der Waals surface area (Å²) in [5.74, 6) is 0.823. The van der Waals surface area contributed by atoms with Gasteiger partial charge in [0.1, 0.15) is 5.76 Å². The molecule has 4 heteroatoms. The van der Waals surface area contributed by atoms with E-state index >= 15 is 0 Å². The Balaban J connectivity index is 1.62. The van der Waals surface area contributed by atoms with E-state index in [1.165, 1.54) is 0 Å². The molecule has 3 aromatic rings. The molecule has 0 aliphatic carbocycles. The second-order valence-corrected chi connectivity index (χ2v) is 5.97. The summed E-state index contributed by atoms with van der Waals surface area (Å²) in [5, 5.41) is 0. The van der Waals surface area contributed by atoms with Gasteiger partial charge in [-0.2, -0.15) is 0 Å². The highest BCUT2D eigenvalue weighted by molar-refractivity contribution is 5.95. The first-order valence-corrected chi connectivity index (χ1v) is 8.19. The lowest BCUT2D eigenvalue weighted by molar-refractivity contribution is 0.0733. The molecule has 0 unspecified atom stereocenters. The van der Waals surface area contributed by atoms with Crippen LogP contribution in [0.25, 0.3) is 11.3 Å². The molecule has 4 nitrogen and oxygen atoms in total. The number of hydrogen-bond acceptors (Lipinski definition) is 3. The third-order valence-electron chi connectivity index (χ3n) is 4.46.